The molecule has 0 saturated heterocycles. The van der Waals surface area contributed by atoms with E-state index in [-0.39, 0.29) is 4.90 Å². The molecule has 96 valence electrons. The maximum absolute atomic E-state index is 11.9. The Kier molecular flexibility index (Phi) is 4.85. The quantitative estimate of drug-likeness (QED) is 0.631. The van der Waals surface area contributed by atoms with Crippen LogP contribution in [0, 0.1) is 13.8 Å². The Morgan fingerprint density at radius 3 is 2.53 bits per heavy atom. The zero-order valence-electron chi connectivity index (χ0n) is 10.3. The molecule has 1 aromatic rings. The molecule has 0 unspecified atom stereocenters. The highest BCUT2D eigenvalue weighted by molar-refractivity contribution is 7.98. The van der Waals surface area contributed by atoms with Gasteiger partial charge in [-0.2, -0.15) is 11.8 Å². The van der Waals surface area contributed by atoms with Crippen molar-refractivity contribution in [2.24, 2.45) is 0 Å². The maximum atomic E-state index is 11.9. The minimum Gasteiger partial charge on any atom is -0.398 e. The lowest BCUT2D eigenvalue weighted by Crippen LogP contribution is -2.26. The Labute approximate surface area is 107 Å². The summed E-state index contributed by atoms with van der Waals surface area (Å²) >= 11 is 1.59. The van der Waals surface area contributed by atoms with Crippen molar-refractivity contribution >= 4 is 27.5 Å². The predicted octanol–water partition coefficient (Wildman–Crippen LogP) is 1.53. The van der Waals surface area contributed by atoms with Crippen LogP contribution in [0.15, 0.2) is 17.0 Å². The van der Waals surface area contributed by atoms with Crippen LogP contribution in [0.4, 0.5) is 5.69 Å². The smallest absolute Gasteiger partial charge is 0.240 e. The fourth-order valence-corrected chi connectivity index (χ4v) is 2.96. The second kappa shape index (κ2) is 5.75. The molecule has 6 heteroatoms. The summed E-state index contributed by atoms with van der Waals surface area (Å²) in [5.74, 6) is 0.750. The highest BCUT2D eigenvalue weighted by Crippen LogP contribution is 2.21. The Morgan fingerprint density at radius 2 is 2.00 bits per heavy atom. The molecule has 0 aliphatic carbocycles. The van der Waals surface area contributed by atoms with Crippen LogP contribution in [-0.2, 0) is 10.0 Å². The SMILES string of the molecule is CSCCNS(=O)(=O)c1cc(C)c(C)c(N)c1. The fraction of sp³-hybridized carbons (Fsp3) is 0.455. The third-order valence-electron chi connectivity index (χ3n) is 2.59. The maximum Gasteiger partial charge on any atom is 0.240 e. The summed E-state index contributed by atoms with van der Waals surface area (Å²) in [6.45, 7) is 4.16. The van der Waals surface area contributed by atoms with Crippen molar-refractivity contribution in [1.29, 1.82) is 0 Å². The Hall–Kier alpha value is -0.720. The molecule has 0 amide bonds. The number of nitrogens with two attached hydrogens (primary N) is 1. The van der Waals surface area contributed by atoms with Gasteiger partial charge in [0.05, 0.1) is 4.90 Å². The standard InChI is InChI=1S/C11H18N2O2S2/c1-8-6-10(7-11(12)9(8)2)17(14,15)13-4-5-16-3/h6-7,13H,4-5,12H2,1-3H3. The third-order valence-corrected chi connectivity index (χ3v) is 4.64. The van der Waals surface area contributed by atoms with E-state index in [0.717, 1.165) is 16.9 Å². The number of anilines is 1. The van der Waals surface area contributed by atoms with Crippen LogP contribution in [0.3, 0.4) is 0 Å². The van der Waals surface area contributed by atoms with E-state index in [0.29, 0.717) is 12.2 Å². The molecular formula is C11H18N2O2S2. The largest absolute Gasteiger partial charge is 0.398 e. The highest BCUT2D eigenvalue weighted by atomic mass is 32.2. The summed E-state index contributed by atoms with van der Waals surface area (Å²) in [6.07, 6.45) is 1.93. The Morgan fingerprint density at radius 1 is 1.35 bits per heavy atom. The fourth-order valence-electron chi connectivity index (χ4n) is 1.37. The number of nitrogens with one attached hydrogen (secondary N) is 1. The molecule has 0 radical (unpaired) electrons. The number of hydrogen-bond acceptors (Lipinski definition) is 4. The second-order valence-electron chi connectivity index (χ2n) is 3.84. The van der Waals surface area contributed by atoms with Crippen LogP contribution >= 0.6 is 11.8 Å². The van der Waals surface area contributed by atoms with Crippen molar-refractivity contribution in [2.75, 3.05) is 24.3 Å². The van der Waals surface area contributed by atoms with Gasteiger partial charge >= 0.3 is 0 Å². The van der Waals surface area contributed by atoms with Crippen LogP contribution in [0.2, 0.25) is 0 Å². The van der Waals surface area contributed by atoms with Crippen molar-refractivity contribution < 1.29 is 8.42 Å². The average molecular weight is 274 g/mol. The van der Waals surface area contributed by atoms with Gasteiger partial charge in [0.25, 0.3) is 0 Å². The van der Waals surface area contributed by atoms with Gasteiger partial charge in [-0.25, -0.2) is 13.1 Å². The molecule has 0 aromatic heterocycles. The molecule has 0 saturated carbocycles. The highest BCUT2D eigenvalue weighted by Gasteiger charge is 2.15. The molecule has 0 fully saturated rings. The van der Waals surface area contributed by atoms with E-state index >= 15 is 0 Å². The van der Waals surface area contributed by atoms with Crippen molar-refractivity contribution in [3.8, 4) is 0 Å². The number of thioether (sulfide) groups is 1. The first-order valence-corrected chi connectivity index (χ1v) is 8.11. The lowest BCUT2D eigenvalue weighted by atomic mass is 10.1. The van der Waals surface area contributed by atoms with Crippen LogP contribution < -0.4 is 10.5 Å². The van der Waals surface area contributed by atoms with Crippen LogP contribution in [0.5, 0.6) is 0 Å². The molecule has 0 aliphatic heterocycles. The number of sulfonamides is 1. The summed E-state index contributed by atoms with van der Waals surface area (Å²) in [5.41, 5.74) is 8.09. The van der Waals surface area contributed by atoms with Crippen molar-refractivity contribution in [1.82, 2.24) is 4.72 Å². The van der Waals surface area contributed by atoms with Crippen LogP contribution in [0.1, 0.15) is 11.1 Å². The summed E-state index contributed by atoms with van der Waals surface area (Å²) in [7, 11) is -3.44. The molecule has 0 aliphatic rings. The van der Waals surface area contributed by atoms with Gasteiger partial charge in [-0.05, 0) is 43.4 Å². The lowest BCUT2D eigenvalue weighted by Gasteiger charge is -2.10. The molecule has 17 heavy (non-hydrogen) atoms. The van der Waals surface area contributed by atoms with Crippen LogP contribution in [-0.4, -0.2) is 27.0 Å². The third kappa shape index (κ3) is 3.62. The minimum atomic E-state index is -3.44. The molecule has 0 bridgehead atoms. The number of hydrogen-bond donors (Lipinski definition) is 2. The Balaban J connectivity index is 2.99. The zero-order chi connectivity index (χ0) is 13.1. The predicted molar refractivity (Wildman–Crippen MR) is 73.9 cm³/mol. The molecule has 0 spiro atoms. The van der Waals surface area contributed by atoms with Gasteiger partial charge in [-0.15, -0.1) is 0 Å². The van der Waals surface area contributed by atoms with Gasteiger partial charge in [0.15, 0.2) is 0 Å². The molecule has 1 aromatic carbocycles. The normalized spacial score (nSPS) is 11.7. The molecule has 0 atom stereocenters. The van der Waals surface area contributed by atoms with Crippen LogP contribution in [0.25, 0.3) is 0 Å². The van der Waals surface area contributed by atoms with E-state index in [4.69, 9.17) is 5.73 Å². The van der Waals surface area contributed by atoms with Gasteiger partial charge in [0.1, 0.15) is 0 Å². The van der Waals surface area contributed by atoms with E-state index in [2.05, 4.69) is 4.72 Å². The number of nitrogen functional groups attached to an aromatic ring is 1. The summed E-state index contributed by atoms with van der Waals surface area (Å²) in [6, 6.07) is 3.15. The first-order chi connectivity index (χ1) is 7.88. The van der Waals surface area contributed by atoms with E-state index in [1.807, 2.05) is 20.1 Å². The zero-order valence-corrected chi connectivity index (χ0v) is 11.9. The van der Waals surface area contributed by atoms with E-state index in [1.165, 1.54) is 6.07 Å². The summed E-state index contributed by atoms with van der Waals surface area (Å²) in [4.78, 5) is 0.235. The molecular weight excluding hydrogens is 256 g/mol. The first-order valence-electron chi connectivity index (χ1n) is 5.24. The topological polar surface area (TPSA) is 72.2 Å². The second-order valence-corrected chi connectivity index (χ2v) is 6.60. The van der Waals surface area contributed by atoms with Crippen molar-refractivity contribution in [2.45, 2.75) is 18.7 Å². The van der Waals surface area contributed by atoms with E-state index in [9.17, 15) is 8.42 Å². The monoisotopic (exact) mass is 274 g/mol. The molecule has 3 N–H and O–H groups in total. The molecule has 0 heterocycles. The number of benzene rings is 1. The number of rotatable bonds is 5. The molecule has 1 rings (SSSR count). The summed E-state index contributed by atoms with van der Waals surface area (Å²) in [5, 5.41) is 0. The van der Waals surface area contributed by atoms with Crippen molar-refractivity contribution in [3.63, 3.8) is 0 Å². The average Bonchev–Trinajstić information content (AvgIpc) is 2.25. The first kappa shape index (κ1) is 14.3. The van der Waals surface area contributed by atoms with E-state index in [1.54, 1.807) is 17.8 Å². The van der Waals surface area contributed by atoms with Gasteiger partial charge in [-0.3, -0.25) is 0 Å². The number of aryl methyl sites for hydroxylation is 1. The minimum absolute atomic E-state index is 0.235. The summed E-state index contributed by atoms with van der Waals surface area (Å²) < 4.78 is 26.4. The molecule has 4 nitrogen and oxygen atoms in total. The van der Waals surface area contributed by atoms with Crippen molar-refractivity contribution in [3.05, 3.63) is 23.3 Å². The van der Waals surface area contributed by atoms with Gasteiger partial charge in [0.2, 0.25) is 10.0 Å². The Bertz CT molecular complexity index is 475. The van der Waals surface area contributed by atoms with Gasteiger partial charge < -0.3 is 5.73 Å². The van der Waals surface area contributed by atoms with E-state index < -0.39 is 10.0 Å². The van der Waals surface area contributed by atoms with Gasteiger partial charge in [0, 0.05) is 18.0 Å². The van der Waals surface area contributed by atoms with Gasteiger partial charge in [-0.1, -0.05) is 0 Å². The lowest BCUT2D eigenvalue weighted by molar-refractivity contribution is 0.584.